The Balaban J connectivity index is 3.16. The monoisotopic (exact) mass is 148 g/mol. The summed E-state index contributed by atoms with van der Waals surface area (Å²) < 4.78 is 12.7. The molecule has 0 spiro atoms. The van der Waals surface area contributed by atoms with Gasteiger partial charge >= 0.3 is 0 Å². The molecule has 0 bridgehead atoms. The van der Waals surface area contributed by atoms with Crippen molar-refractivity contribution < 1.29 is 9.50 Å². The maximum absolute atomic E-state index is 12.7. The SMILES string of the molecule is CCCCC(F)CC(C)O. The average Bonchev–Trinajstić information content (AvgIpc) is 1.82. The van der Waals surface area contributed by atoms with Crippen molar-refractivity contribution in [1.82, 2.24) is 0 Å². The summed E-state index contributed by atoms with van der Waals surface area (Å²) in [4.78, 5) is 0. The number of halogens is 1. The lowest BCUT2D eigenvalue weighted by atomic mass is 10.1. The third-order valence-electron chi connectivity index (χ3n) is 1.47. The van der Waals surface area contributed by atoms with Gasteiger partial charge in [0.1, 0.15) is 6.17 Å². The first-order valence-corrected chi connectivity index (χ1v) is 3.99. The van der Waals surface area contributed by atoms with Crippen molar-refractivity contribution in [3.05, 3.63) is 0 Å². The first-order chi connectivity index (χ1) is 4.66. The fourth-order valence-corrected chi connectivity index (χ4v) is 0.914. The summed E-state index contributed by atoms with van der Waals surface area (Å²) >= 11 is 0. The van der Waals surface area contributed by atoms with Crippen molar-refractivity contribution in [3.63, 3.8) is 0 Å². The van der Waals surface area contributed by atoms with Crippen LogP contribution in [0.1, 0.15) is 39.5 Å². The highest BCUT2D eigenvalue weighted by atomic mass is 19.1. The molecule has 2 unspecified atom stereocenters. The second kappa shape index (κ2) is 5.66. The Hall–Kier alpha value is -0.110. The van der Waals surface area contributed by atoms with Crippen molar-refractivity contribution >= 4 is 0 Å². The van der Waals surface area contributed by atoms with E-state index in [0.717, 1.165) is 12.8 Å². The minimum Gasteiger partial charge on any atom is -0.393 e. The number of aliphatic hydroxyl groups is 1. The number of unbranched alkanes of at least 4 members (excludes halogenated alkanes) is 1. The Labute approximate surface area is 62.3 Å². The summed E-state index contributed by atoms with van der Waals surface area (Å²) in [6.07, 6.45) is 1.54. The standard InChI is InChI=1S/C8H17FO/c1-3-4-5-8(9)6-7(2)10/h7-8,10H,3-6H2,1-2H3. The lowest BCUT2D eigenvalue weighted by Gasteiger charge is -2.08. The van der Waals surface area contributed by atoms with Crippen molar-refractivity contribution in [2.45, 2.75) is 51.8 Å². The lowest BCUT2D eigenvalue weighted by molar-refractivity contribution is 0.137. The molecule has 2 atom stereocenters. The Kier molecular flexibility index (Phi) is 5.60. The molecule has 0 aromatic heterocycles. The number of alkyl halides is 1. The maximum Gasteiger partial charge on any atom is 0.103 e. The summed E-state index contributed by atoms with van der Waals surface area (Å²) in [5, 5.41) is 8.78. The third kappa shape index (κ3) is 6.02. The van der Waals surface area contributed by atoms with Gasteiger partial charge in [0.05, 0.1) is 6.10 Å². The largest absolute Gasteiger partial charge is 0.393 e. The van der Waals surface area contributed by atoms with Crippen molar-refractivity contribution in [2.75, 3.05) is 0 Å². The molecule has 0 fully saturated rings. The molecule has 0 aromatic carbocycles. The van der Waals surface area contributed by atoms with Gasteiger partial charge in [-0.25, -0.2) is 4.39 Å². The molecule has 0 rings (SSSR count). The van der Waals surface area contributed by atoms with Gasteiger partial charge in [0, 0.05) is 6.42 Å². The van der Waals surface area contributed by atoms with Gasteiger partial charge in [-0.15, -0.1) is 0 Å². The summed E-state index contributed by atoms with van der Waals surface area (Å²) in [5.74, 6) is 0. The van der Waals surface area contributed by atoms with Gasteiger partial charge in [0.15, 0.2) is 0 Å². The molecule has 0 aliphatic carbocycles. The molecule has 0 aromatic rings. The van der Waals surface area contributed by atoms with E-state index in [1.165, 1.54) is 0 Å². The average molecular weight is 148 g/mol. The van der Waals surface area contributed by atoms with E-state index in [2.05, 4.69) is 0 Å². The Morgan fingerprint density at radius 3 is 2.50 bits per heavy atom. The molecule has 0 saturated heterocycles. The summed E-state index contributed by atoms with van der Waals surface area (Å²) in [7, 11) is 0. The molecular formula is C8H17FO. The van der Waals surface area contributed by atoms with E-state index in [4.69, 9.17) is 5.11 Å². The molecule has 0 amide bonds. The fourth-order valence-electron chi connectivity index (χ4n) is 0.914. The quantitative estimate of drug-likeness (QED) is 0.634. The lowest BCUT2D eigenvalue weighted by Crippen LogP contribution is -2.10. The second-order valence-corrected chi connectivity index (χ2v) is 2.82. The third-order valence-corrected chi connectivity index (χ3v) is 1.47. The molecule has 2 heteroatoms. The Morgan fingerprint density at radius 1 is 1.50 bits per heavy atom. The van der Waals surface area contributed by atoms with E-state index >= 15 is 0 Å². The van der Waals surface area contributed by atoms with Gasteiger partial charge in [0.2, 0.25) is 0 Å². The number of aliphatic hydroxyl groups excluding tert-OH is 1. The predicted molar refractivity (Wildman–Crippen MR) is 40.7 cm³/mol. The van der Waals surface area contributed by atoms with Crippen molar-refractivity contribution in [3.8, 4) is 0 Å². The van der Waals surface area contributed by atoms with E-state index in [1.54, 1.807) is 6.92 Å². The Morgan fingerprint density at radius 2 is 2.10 bits per heavy atom. The van der Waals surface area contributed by atoms with Crippen molar-refractivity contribution in [2.24, 2.45) is 0 Å². The van der Waals surface area contributed by atoms with Gasteiger partial charge in [-0.3, -0.25) is 0 Å². The molecule has 0 radical (unpaired) electrons. The maximum atomic E-state index is 12.7. The predicted octanol–water partition coefficient (Wildman–Crippen LogP) is 2.29. The topological polar surface area (TPSA) is 20.2 Å². The van der Waals surface area contributed by atoms with Gasteiger partial charge in [-0.05, 0) is 13.3 Å². The van der Waals surface area contributed by atoms with Crippen LogP contribution in [0.25, 0.3) is 0 Å². The van der Waals surface area contributed by atoms with Crippen LogP contribution >= 0.6 is 0 Å². The number of rotatable bonds is 5. The highest BCUT2D eigenvalue weighted by Crippen LogP contribution is 2.10. The van der Waals surface area contributed by atoms with Crippen LogP contribution in [0.2, 0.25) is 0 Å². The van der Waals surface area contributed by atoms with Gasteiger partial charge in [0.25, 0.3) is 0 Å². The first-order valence-electron chi connectivity index (χ1n) is 3.99. The fraction of sp³-hybridized carbons (Fsp3) is 1.00. The zero-order chi connectivity index (χ0) is 7.98. The minimum atomic E-state index is -0.806. The van der Waals surface area contributed by atoms with Crippen LogP contribution in [0.5, 0.6) is 0 Å². The number of hydrogen-bond acceptors (Lipinski definition) is 1. The minimum absolute atomic E-state index is 0.292. The summed E-state index contributed by atoms with van der Waals surface area (Å²) in [6, 6.07) is 0. The molecule has 62 valence electrons. The van der Waals surface area contributed by atoms with Crippen LogP contribution in [0, 0.1) is 0 Å². The summed E-state index contributed by atoms with van der Waals surface area (Å²) in [5.41, 5.74) is 0. The Bertz CT molecular complexity index is 73.7. The van der Waals surface area contributed by atoms with Crippen LogP contribution < -0.4 is 0 Å². The molecule has 1 nitrogen and oxygen atoms in total. The number of hydrogen-bond donors (Lipinski definition) is 1. The first kappa shape index (κ1) is 9.89. The highest BCUT2D eigenvalue weighted by molar-refractivity contribution is 4.59. The van der Waals surface area contributed by atoms with Crippen LogP contribution in [0.4, 0.5) is 4.39 Å². The van der Waals surface area contributed by atoms with Crippen LogP contribution in [0.3, 0.4) is 0 Å². The van der Waals surface area contributed by atoms with E-state index in [-0.39, 0.29) is 0 Å². The normalized spacial score (nSPS) is 16.8. The second-order valence-electron chi connectivity index (χ2n) is 2.82. The summed E-state index contributed by atoms with van der Waals surface area (Å²) in [6.45, 7) is 3.66. The van der Waals surface area contributed by atoms with Gasteiger partial charge in [-0.1, -0.05) is 19.8 Å². The molecule has 0 saturated carbocycles. The molecule has 1 N–H and O–H groups in total. The molecule has 0 aliphatic heterocycles. The van der Waals surface area contributed by atoms with Gasteiger partial charge in [-0.2, -0.15) is 0 Å². The van der Waals surface area contributed by atoms with Crippen molar-refractivity contribution in [1.29, 1.82) is 0 Å². The zero-order valence-electron chi connectivity index (χ0n) is 6.81. The van der Waals surface area contributed by atoms with E-state index < -0.39 is 12.3 Å². The van der Waals surface area contributed by atoms with Crippen LogP contribution in [-0.2, 0) is 0 Å². The molecule has 0 aliphatic rings. The highest BCUT2D eigenvalue weighted by Gasteiger charge is 2.08. The molecule has 0 heterocycles. The van der Waals surface area contributed by atoms with E-state index in [9.17, 15) is 4.39 Å². The van der Waals surface area contributed by atoms with E-state index in [0.29, 0.717) is 12.8 Å². The molecule has 10 heavy (non-hydrogen) atoms. The molecular weight excluding hydrogens is 131 g/mol. The van der Waals surface area contributed by atoms with Gasteiger partial charge < -0.3 is 5.11 Å². The van der Waals surface area contributed by atoms with Crippen LogP contribution in [-0.4, -0.2) is 17.4 Å². The van der Waals surface area contributed by atoms with E-state index in [1.807, 2.05) is 6.92 Å². The zero-order valence-corrected chi connectivity index (χ0v) is 6.81. The smallest absolute Gasteiger partial charge is 0.103 e. The van der Waals surface area contributed by atoms with Crippen LogP contribution in [0.15, 0.2) is 0 Å².